The number of halogens is 1. The summed E-state index contributed by atoms with van der Waals surface area (Å²) in [5.74, 6) is 0.302. The molecule has 204 valence electrons. The highest BCUT2D eigenvalue weighted by Gasteiger charge is 2.27. The number of hydrogen-bond acceptors (Lipinski definition) is 8. The van der Waals surface area contributed by atoms with Crippen LogP contribution in [0.25, 0.3) is 0 Å². The van der Waals surface area contributed by atoms with Gasteiger partial charge in [0.2, 0.25) is 18.6 Å². The number of aliphatic hydroxyl groups is 1. The third-order valence-electron chi connectivity index (χ3n) is 6.21. The van der Waals surface area contributed by atoms with Gasteiger partial charge in [-0.15, -0.1) is 0 Å². The first-order valence-electron chi connectivity index (χ1n) is 12.3. The molecule has 11 nitrogen and oxygen atoms in total. The maximum Gasteiger partial charge on any atom is 0.252 e. The minimum absolute atomic E-state index is 0.0335. The van der Waals surface area contributed by atoms with Crippen molar-refractivity contribution in [2.45, 2.75) is 32.5 Å². The van der Waals surface area contributed by atoms with E-state index in [1.54, 1.807) is 30.3 Å². The summed E-state index contributed by atoms with van der Waals surface area (Å²) in [6.07, 6.45) is -1.14. The zero-order valence-corrected chi connectivity index (χ0v) is 22.0. The molecule has 0 spiro atoms. The molecule has 2 bridgehead atoms. The van der Waals surface area contributed by atoms with E-state index in [1.807, 2.05) is 11.8 Å². The molecule has 2 aromatic carbocycles. The minimum atomic E-state index is -1.18. The van der Waals surface area contributed by atoms with E-state index in [9.17, 15) is 19.5 Å². The van der Waals surface area contributed by atoms with E-state index in [0.717, 1.165) is 11.1 Å². The van der Waals surface area contributed by atoms with Crippen molar-refractivity contribution >= 4 is 29.3 Å². The molecular formula is C26H31ClN4O7. The first-order valence-corrected chi connectivity index (χ1v) is 12.7. The molecule has 0 aromatic heterocycles. The highest BCUT2D eigenvalue weighted by atomic mass is 35.5. The van der Waals surface area contributed by atoms with Crippen molar-refractivity contribution in [3.05, 3.63) is 52.0 Å². The topological polar surface area (TPSA) is 138 Å². The molecule has 0 aliphatic carbocycles. The average molecular weight is 547 g/mol. The molecule has 2 aliphatic heterocycles. The number of carbonyl (C=O) groups excluding carboxylic acids is 3. The zero-order chi connectivity index (χ0) is 27.2. The Kier molecular flexibility index (Phi) is 8.93. The molecule has 2 heterocycles. The summed E-state index contributed by atoms with van der Waals surface area (Å²) < 4.78 is 16.6. The van der Waals surface area contributed by atoms with E-state index in [2.05, 4.69) is 16.0 Å². The van der Waals surface area contributed by atoms with Crippen LogP contribution >= 0.6 is 11.6 Å². The van der Waals surface area contributed by atoms with E-state index in [1.165, 1.54) is 6.92 Å². The van der Waals surface area contributed by atoms with Crippen molar-refractivity contribution < 1.29 is 33.7 Å². The molecule has 0 unspecified atom stereocenters. The normalized spacial score (nSPS) is 20.0. The van der Waals surface area contributed by atoms with Crippen molar-refractivity contribution in [3.63, 3.8) is 0 Å². The second-order valence-corrected chi connectivity index (χ2v) is 9.58. The van der Waals surface area contributed by atoms with Crippen LogP contribution < -0.4 is 30.2 Å². The van der Waals surface area contributed by atoms with Crippen molar-refractivity contribution in [2.24, 2.45) is 0 Å². The second kappa shape index (κ2) is 12.3. The Balaban J connectivity index is 1.52. The molecule has 4 rings (SSSR count). The fraction of sp³-hybridized carbons (Fsp3) is 0.423. The molecule has 0 fully saturated rings. The lowest BCUT2D eigenvalue weighted by Gasteiger charge is -2.24. The smallest absolute Gasteiger partial charge is 0.252 e. The number of carbonyl (C=O) groups is 3. The van der Waals surface area contributed by atoms with Crippen LogP contribution in [0, 0.1) is 6.92 Å². The molecule has 38 heavy (non-hydrogen) atoms. The van der Waals surface area contributed by atoms with Crippen LogP contribution in [-0.2, 0) is 16.1 Å². The second-order valence-electron chi connectivity index (χ2n) is 9.17. The maximum absolute atomic E-state index is 12.9. The lowest BCUT2D eigenvalue weighted by molar-refractivity contribution is -0.125. The predicted octanol–water partition coefficient (Wildman–Crippen LogP) is 0.983. The van der Waals surface area contributed by atoms with Crippen LogP contribution in [0.1, 0.15) is 28.4 Å². The van der Waals surface area contributed by atoms with E-state index < -0.39 is 24.0 Å². The Morgan fingerprint density at radius 3 is 2.58 bits per heavy atom. The highest BCUT2D eigenvalue weighted by molar-refractivity contribution is 6.31. The molecular weight excluding hydrogens is 516 g/mol. The van der Waals surface area contributed by atoms with Crippen LogP contribution in [0.2, 0.25) is 5.02 Å². The van der Waals surface area contributed by atoms with Crippen molar-refractivity contribution in [1.82, 2.24) is 20.9 Å². The van der Waals surface area contributed by atoms with Crippen molar-refractivity contribution in [3.8, 4) is 17.2 Å². The summed E-state index contributed by atoms with van der Waals surface area (Å²) in [6, 6.07) is 7.18. The van der Waals surface area contributed by atoms with E-state index in [-0.39, 0.29) is 44.5 Å². The summed E-state index contributed by atoms with van der Waals surface area (Å²) in [6.45, 7) is 4.61. The predicted molar refractivity (Wildman–Crippen MR) is 138 cm³/mol. The third kappa shape index (κ3) is 6.85. The number of aryl methyl sites for hydroxylation is 1. The van der Waals surface area contributed by atoms with Gasteiger partial charge in [0.25, 0.3) is 5.91 Å². The average Bonchev–Trinajstić information content (AvgIpc) is 3.32. The molecule has 0 saturated heterocycles. The Morgan fingerprint density at radius 1 is 1.05 bits per heavy atom. The number of aliphatic hydroxyl groups excluding tert-OH is 1. The quantitative estimate of drug-likeness (QED) is 0.447. The molecule has 2 aromatic rings. The zero-order valence-electron chi connectivity index (χ0n) is 21.2. The van der Waals surface area contributed by atoms with Gasteiger partial charge in [0.1, 0.15) is 18.4 Å². The summed E-state index contributed by atoms with van der Waals surface area (Å²) >= 11 is 6.45. The van der Waals surface area contributed by atoms with Gasteiger partial charge in [0.15, 0.2) is 11.5 Å². The molecule has 3 amide bonds. The van der Waals surface area contributed by atoms with Crippen molar-refractivity contribution in [2.75, 3.05) is 39.6 Å². The number of amides is 3. The number of hydrogen-bond donors (Lipinski definition) is 4. The summed E-state index contributed by atoms with van der Waals surface area (Å²) in [7, 11) is 0. The van der Waals surface area contributed by atoms with Gasteiger partial charge in [-0.05, 0) is 43.2 Å². The van der Waals surface area contributed by atoms with Gasteiger partial charge in [-0.2, -0.15) is 0 Å². The fourth-order valence-electron chi connectivity index (χ4n) is 4.12. The van der Waals surface area contributed by atoms with Crippen molar-refractivity contribution in [1.29, 1.82) is 0 Å². The van der Waals surface area contributed by atoms with Crippen LogP contribution in [0.4, 0.5) is 0 Å². The lowest BCUT2D eigenvalue weighted by Crippen LogP contribution is -2.53. The summed E-state index contributed by atoms with van der Waals surface area (Å²) in [5.41, 5.74) is 1.82. The Bertz CT molecular complexity index is 1210. The summed E-state index contributed by atoms with van der Waals surface area (Å²) in [5, 5.41) is 18.8. The van der Waals surface area contributed by atoms with E-state index in [0.29, 0.717) is 35.4 Å². The number of nitrogens with one attached hydrogen (secondary N) is 3. The fourth-order valence-corrected chi connectivity index (χ4v) is 4.33. The van der Waals surface area contributed by atoms with Gasteiger partial charge in [-0.25, -0.2) is 0 Å². The maximum atomic E-state index is 12.9. The van der Waals surface area contributed by atoms with E-state index in [4.69, 9.17) is 25.8 Å². The number of benzene rings is 2. The van der Waals surface area contributed by atoms with E-state index >= 15 is 0 Å². The Hall–Kier alpha value is -3.54. The van der Waals surface area contributed by atoms with Crippen LogP contribution in [0.5, 0.6) is 17.2 Å². The molecule has 2 atom stereocenters. The standard InChI is InChI=1S/C26H31ClN4O7/c1-15-3-4-17-9-20(15)36-8-6-28-23(33)13-31(7-5-29-26(35)24(16(2)32)30-25(17)34)12-18-10-21-22(11-19(18)27)38-14-37-21/h3-4,9-11,16,24,32H,5-8,12-14H2,1-2H3,(H,28,33)(H,29,35)(H,30,34)/t16-,24+/m1/s1. The SMILES string of the molecule is Cc1ccc2cc1OCCNC(=O)CN(Cc1cc3c(cc1Cl)OCO3)CCNC(=O)[C@H]([C@@H](C)O)NC2=O. The lowest BCUT2D eigenvalue weighted by atomic mass is 10.1. The Morgan fingerprint density at radius 2 is 1.82 bits per heavy atom. The molecule has 0 radical (unpaired) electrons. The molecule has 2 aliphatic rings. The van der Waals surface area contributed by atoms with Crippen LogP contribution in [0.15, 0.2) is 30.3 Å². The van der Waals surface area contributed by atoms with Gasteiger partial charge >= 0.3 is 0 Å². The van der Waals surface area contributed by atoms with Crippen LogP contribution in [0.3, 0.4) is 0 Å². The summed E-state index contributed by atoms with van der Waals surface area (Å²) in [4.78, 5) is 40.3. The number of fused-ring (bicyclic) bond motifs is 3. The van der Waals surface area contributed by atoms with Gasteiger partial charge in [0, 0.05) is 36.3 Å². The number of nitrogens with zero attached hydrogens (tertiary/aromatic N) is 1. The largest absolute Gasteiger partial charge is 0.491 e. The third-order valence-corrected chi connectivity index (χ3v) is 6.57. The minimum Gasteiger partial charge on any atom is -0.491 e. The van der Waals surface area contributed by atoms with Gasteiger partial charge in [-0.3, -0.25) is 19.3 Å². The highest BCUT2D eigenvalue weighted by Crippen LogP contribution is 2.37. The molecule has 4 N–H and O–H groups in total. The van der Waals surface area contributed by atoms with Gasteiger partial charge < -0.3 is 35.3 Å². The molecule has 0 saturated carbocycles. The van der Waals surface area contributed by atoms with Crippen LogP contribution in [-0.4, -0.2) is 79.5 Å². The first kappa shape index (κ1) is 27.5. The number of ether oxygens (including phenoxy) is 3. The number of rotatable bonds is 3. The molecule has 12 heteroatoms. The Labute approximate surface area is 225 Å². The van der Waals surface area contributed by atoms with Gasteiger partial charge in [0.05, 0.1) is 19.2 Å². The first-order chi connectivity index (χ1) is 18.2. The van der Waals surface area contributed by atoms with Gasteiger partial charge in [-0.1, -0.05) is 17.7 Å². The monoisotopic (exact) mass is 546 g/mol.